The van der Waals surface area contributed by atoms with Gasteiger partial charge in [-0.25, -0.2) is 0 Å². The van der Waals surface area contributed by atoms with E-state index in [2.05, 4.69) is 0 Å². The number of para-hydroxylation sites is 1. The summed E-state index contributed by atoms with van der Waals surface area (Å²) in [6, 6.07) is 7.42. The second-order valence-corrected chi connectivity index (χ2v) is 3.16. The van der Waals surface area contributed by atoms with Crippen LogP contribution in [0.3, 0.4) is 0 Å². The van der Waals surface area contributed by atoms with Gasteiger partial charge in [0.15, 0.2) is 0 Å². The van der Waals surface area contributed by atoms with Crippen LogP contribution in [-0.4, -0.2) is 24.9 Å². The first-order valence-electron chi connectivity index (χ1n) is 4.15. The predicted octanol–water partition coefficient (Wildman–Crippen LogP) is 0.899. The lowest BCUT2D eigenvalue weighted by Crippen LogP contribution is -2.23. The van der Waals surface area contributed by atoms with E-state index in [0.29, 0.717) is 12.1 Å². The third-order valence-corrected chi connectivity index (χ3v) is 1.90. The van der Waals surface area contributed by atoms with Crippen molar-refractivity contribution < 1.29 is 4.79 Å². The first-order chi connectivity index (χ1) is 6.11. The molecule has 3 nitrogen and oxygen atoms in total. The molecule has 70 valence electrons. The second kappa shape index (κ2) is 3.94. The van der Waals surface area contributed by atoms with Gasteiger partial charge >= 0.3 is 0 Å². The van der Waals surface area contributed by atoms with Crippen LogP contribution in [0.5, 0.6) is 0 Å². The van der Waals surface area contributed by atoms with E-state index < -0.39 is 0 Å². The fourth-order valence-electron chi connectivity index (χ4n) is 1.02. The Balaban J connectivity index is 2.75. The molecule has 0 aliphatic carbocycles. The second-order valence-electron chi connectivity index (χ2n) is 3.16. The summed E-state index contributed by atoms with van der Waals surface area (Å²) < 4.78 is 0. The molecule has 0 aromatic heterocycles. The third-order valence-electron chi connectivity index (χ3n) is 1.90. The van der Waals surface area contributed by atoms with E-state index in [1.54, 1.807) is 25.1 Å². The number of hydrogen-bond donors (Lipinski definition) is 1. The average molecular weight is 178 g/mol. The molecule has 0 saturated heterocycles. The summed E-state index contributed by atoms with van der Waals surface area (Å²) in [5.41, 5.74) is 7.27. The van der Waals surface area contributed by atoms with Crippen molar-refractivity contribution in [3.8, 4) is 0 Å². The minimum absolute atomic E-state index is 0.0675. The van der Waals surface area contributed by atoms with E-state index in [9.17, 15) is 4.79 Å². The summed E-state index contributed by atoms with van der Waals surface area (Å²) in [5, 5.41) is 0. The van der Waals surface area contributed by atoms with E-state index in [0.717, 1.165) is 5.56 Å². The summed E-state index contributed by atoms with van der Waals surface area (Å²) in [4.78, 5) is 12.9. The van der Waals surface area contributed by atoms with E-state index in [-0.39, 0.29) is 5.91 Å². The number of amides is 1. The fraction of sp³-hybridized carbons (Fsp3) is 0.300. The maximum Gasteiger partial charge on any atom is 0.226 e. The molecule has 0 heterocycles. The van der Waals surface area contributed by atoms with Crippen molar-refractivity contribution in [1.82, 2.24) is 4.90 Å². The van der Waals surface area contributed by atoms with Gasteiger partial charge in [-0.15, -0.1) is 0 Å². The van der Waals surface area contributed by atoms with Gasteiger partial charge in [0.2, 0.25) is 5.91 Å². The van der Waals surface area contributed by atoms with Crippen LogP contribution in [0.2, 0.25) is 0 Å². The molecule has 0 radical (unpaired) electrons. The number of carbonyl (C=O) groups is 1. The first-order valence-corrected chi connectivity index (χ1v) is 4.15. The number of rotatable bonds is 2. The van der Waals surface area contributed by atoms with E-state index >= 15 is 0 Å². The van der Waals surface area contributed by atoms with Gasteiger partial charge < -0.3 is 10.6 Å². The smallest absolute Gasteiger partial charge is 0.226 e. The zero-order valence-corrected chi connectivity index (χ0v) is 7.95. The van der Waals surface area contributed by atoms with Crippen LogP contribution < -0.4 is 5.73 Å². The van der Waals surface area contributed by atoms with Crippen molar-refractivity contribution in [3.63, 3.8) is 0 Å². The molecule has 0 aliphatic heterocycles. The maximum absolute atomic E-state index is 11.3. The molecular formula is C10H14N2O. The lowest BCUT2D eigenvalue weighted by atomic mass is 10.1. The van der Waals surface area contributed by atoms with Gasteiger partial charge in [-0.05, 0) is 11.6 Å². The Hall–Kier alpha value is -1.51. The van der Waals surface area contributed by atoms with Gasteiger partial charge in [0.25, 0.3) is 0 Å². The number of nitrogen functional groups attached to an aromatic ring is 1. The summed E-state index contributed by atoms with van der Waals surface area (Å²) >= 11 is 0. The summed E-state index contributed by atoms with van der Waals surface area (Å²) in [6.07, 6.45) is 0.375. The lowest BCUT2D eigenvalue weighted by Gasteiger charge is -2.10. The Morgan fingerprint density at radius 3 is 2.54 bits per heavy atom. The number of hydrogen-bond acceptors (Lipinski definition) is 2. The van der Waals surface area contributed by atoms with E-state index in [1.165, 1.54) is 0 Å². The number of likely N-dealkylation sites (N-methyl/N-ethyl adjacent to an activating group) is 1. The first kappa shape index (κ1) is 9.58. The van der Waals surface area contributed by atoms with Crippen molar-refractivity contribution >= 4 is 11.6 Å². The lowest BCUT2D eigenvalue weighted by molar-refractivity contribution is -0.127. The highest BCUT2D eigenvalue weighted by Crippen LogP contribution is 2.11. The van der Waals surface area contributed by atoms with Crippen LogP contribution in [0.25, 0.3) is 0 Å². The Bertz CT molecular complexity index is 308. The molecule has 0 unspecified atom stereocenters. The molecule has 1 aromatic rings. The minimum Gasteiger partial charge on any atom is -0.398 e. The molecule has 0 spiro atoms. The van der Waals surface area contributed by atoms with Crippen LogP contribution in [0.1, 0.15) is 5.56 Å². The maximum atomic E-state index is 11.3. The largest absolute Gasteiger partial charge is 0.398 e. The van der Waals surface area contributed by atoms with Gasteiger partial charge in [-0.3, -0.25) is 4.79 Å². The topological polar surface area (TPSA) is 46.3 Å². The van der Waals surface area contributed by atoms with Crippen molar-refractivity contribution in [1.29, 1.82) is 0 Å². The SMILES string of the molecule is CN(C)C(=O)Cc1ccccc1N. The van der Waals surface area contributed by atoms with Gasteiger partial charge in [0.05, 0.1) is 6.42 Å². The fourth-order valence-corrected chi connectivity index (χ4v) is 1.02. The monoisotopic (exact) mass is 178 g/mol. The van der Waals surface area contributed by atoms with Crippen molar-refractivity contribution in [2.45, 2.75) is 6.42 Å². The highest BCUT2D eigenvalue weighted by molar-refractivity contribution is 5.79. The number of carbonyl (C=O) groups excluding carboxylic acids is 1. The zero-order chi connectivity index (χ0) is 9.84. The standard InChI is InChI=1S/C10H14N2O/c1-12(2)10(13)7-8-5-3-4-6-9(8)11/h3-6H,7,11H2,1-2H3. The average Bonchev–Trinajstić information content (AvgIpc) is 2.08. The summed E-state index contributed by atoms with van der Waals surface area (Å²) in [5.74, 6) is 0.0675. The summed E-state index contributed by atoms with van der Waals surface area (Å²) in [7, 11) is 3.48. The van der Waals surface area contributed by atoms with E-state index in [4.69, 9.17) is 5.73 Å². The Kier molecular flexibility index (Phi) is 2.90. The highest BCUT2D eigenvalue weighted by Gasteiger charge is 2.06. The molecule has 0 atom stereocenters. The number of nitrogens with two attached hydrogens (primary N) is 1. The molecule has 3 heteroatoms. The van der Waals surface area contributed by atoms with Gasteiger partial charge in [0, 0.05) is 19.8 Å². The number of benzene rings is 1. The van der Waals surface area contributed by atoms with Gasteiger partial charge in [0.1, 0.15) is 0 Å². The quantitative estimate of drug-likeness (QED) is 0.684. The predicted molar refractivity (Wildman–Crippen MR) is 53.3 cm³/mol. The molecule has 0 fully saturated rings. The molecular weight excluding hydrogens is 164 g/mol. The van der Waals surface area contributed by atoms with Crippen molar-refractivity contribution in [3.05, 3.63) is 29.8 Å². The Morgan fingerprint density at radius 1 is 1.38 bits per heavy atom. The minimum atomic E-state index is 0.0675. The molecule has 1 amide bonds. The third kappa shape index (κ3) is 2.47. The van der Waals surface area contributed by atoms with Crippen LogP contribution in [0.15, 0.2) is 24.3 Å². The Labute approximate surface area is 78.2 Å². The van der Waals surface area contributed by atoms with Crippen molar-refractivity contribution in [2.24, 2.45) is 0 Å². The molecule has 0 aliphatic rings. The summed E-state index contributed by atoms with van der Waals surface area (Å²) in [6.45, 7) is 0. The molecule has 2 N–H and O–H groups in total. The molecule has 13 heavy (non-hydrogen) atoms. The van der Waals surface area contributed by atoms with Gasteiger partial charge in [-0.2, -0.15) is 0 Å². The number of anilines is 1. The van der Waals surface area contributed by atoms with Crippen LogP contribution in [0.4, 0.5) is 5.69 Å². The van der Waals surface area contributed by atoms with Gasteiger partial charge in [-0.1, -0.05) is 18.2 Å². The van der Waals surface area contributed by atoms with Crippen LogP contribution in [0, 0.1) is 0 Å². The molecule has 1 aromatic carbocycles. The normalized spacial score (nSPS) is 9.69. The van der Waals surface area contributed by atoms with E-state index in [1.807, 2.05) is 18.2 Å². The van der Waals surface area contributed by atoms with Crippen LogP contribution >= 0.6 is 0 Å². The highest BCUT2D eigenvalue weighted by atomic mass is 16.2. The number of nitrogens with zero attached hydrogens (tertiary/aromatic N) is 1. The van der Waals surface area contributed by atoms with Crippen LogP contribution in [-0.2, 0) is 11.2 Å². The van der Waals surface area contributed by atoms with Crippen molar-refractivity contribution in [2.75, 3.05) is 19.8 Å². The zero-order valence-electron chi connectivity index (χ0n) is 7.95. The molecule has 0 saturated carbocycles. The molecule has 1 rings (SSSR count). The Morgan fingerprint density at radius 2 is 2.00 bits per heavy atom. The molecule has 0 bridgehead atoms.